The molecule has 0 fully saturated rings. The van der Waals surface area contributed by atoms with Gasteiger partial charge in [-0.3, -0.25) is 9.78 Å². The van der Waals surface area contributed by atoms with E-state index in [1.165, 1.54) is 0 Å². The molecule has 0 saturated carbocycles. The number of pyridine rings is 1. The third-order valence-corrected chi connectivity index (χ3v) is 5.17. The molecule has 1 amide bonds. The fourth-order valence-electron chi connectivity index (χ4n) is 3.67. The summed E-state index contributed by atoms with van der Waals surface area (Å²) in [7, 11) is 0. The fraction of sp³-hybridized carbons (Fsp3) is 0.167. The molecule has 2 aromatic heterocycles. The number of hydrogen-bond acceptors (Lipinski definition) is 6. The Hall–Kier alpha value is -4.00. The lowest BCUT2D eigenvalue weighted by Gasteiger charge is -2.18. The highest BCUT2D eigenvalue weighted by Crippen LogP contribution is 2.32. The van der Waals surface area contributed by atoms with E-state index in [2.05, 4.69) is 15.6 Å². The summed E-state index contributed by atoms with van der Waals surface area (Å²) in [6, 6.07) is 15.5. The zero-order chi connectivity index (χ0) is 21.2. The van der Waals surface area contributed by atoms with E-state index in [9.17, 15) is 4.79 Å². The number of amides is 1. The number of ether oxygens (including phenoxy) is 1. The minimum Gasteiger partial charge on any atom is -0.494 e. The van der Waals surface area contributed by atoms with Gasteiger partial charge in [-0.15, -0.1) is 0 Å². The Balaban J connectivity index is 1.60. The monoisotopic (exact) mass is 411 g/mol. The molecule has 0 spiro atoms. The smallest absolute Gasteiger partial charge is 0.224 e. The van der Waals surface area contributed by atoms with Crippen LogP contribution in [0.25, 0.3) is 22.3 Å². The van der Waals surface area contributed by atoms with E-state index < -0.39 is 0 Å². The van der Waals surface area contributed by atoms with Crippen LogP contribution in [0.3, 0.4) is 0 Å². The normalized spacial score (nSPS) is 12.9. The highest BCUT2D eigenvalue weighted by atomic mass is 16.5. The SMILES string of the molecule is CCOc1ccc2nc(-c3cccnc3)nc(Nc3ccc4c(c3)NC(=O)CC4)c2c1. The Labute approximate surface area is 179 Å². The molecule has 7 nitrogen and oxygen atoms in total. The lowest BCUT2D eigenvalue weighted by molar-refractivity contribution is -0.116. The summed E-state index contributed by atoms with van der Waals surface area (Å²) in [4.78, 5) is 25.5. The van der Waals surface area contributed by atoms with Gasteiger partial charge >= 0.3 is 0 Å². The Morgan fingerprint density at radius 3 is 2.87 bits per heavy atom. The van der Waals surface area contributed by atoms with Crippen LogP contribution in [-0.2, 0) is 11.2 Å². The van der Waals surface area contributed by atoms with Gasteiger partial charge in [-0.05, 0) is 61.4 Å². The minimum atomic E-state index is 0.0392. The maximum absolute atomic E-state index is 11.8. The standard InChI is InChI=1S/C24H21N5O2/c1-2-31-18-8-9-20-19(13-18)24(29-23(28-20)16-4-3-11-25-14-16)26-17-7-5-15-6-10-22(30)27-21(15)12-17/h3-5,7-9,11-14H,2,6,10H2,1H3,(H,27,30)(H,26,28,29). The van der Waals surface area contributed by atoms with Gasteiger partial charge in [0, 0.05) is 41.1 Å². The summed E-state index contributed by atoms with van der Waals surface area (Å²) in [5.74, 6) is 2.04. The lowest BCUT2D eigenvalue weighted by atomic mass is 10.0. The predicted molar refractivity (Wildman–Crippen MR) is 121 cm³/mol. The van der Waals surface area contributed by atoms with Crippen LogP contribution >= 0.6 is 0 Å². The van der Waals surface area contributed by atoms with Crippen molar-refractivity contribution in [2.75, 3.05) is 17.2 Å². The second-order valence-corrected chi connectivity index (χ2v) is 7.29. The third-order valence-electron chi connectivity index (χ3n) is 5.17. The molecule has 0 aliphatic carbocycles. The van der Waals surface area contributed by atoms with Crippen molar-refractivity contribution in [1.29, 1.82) is 0 Å². The van der Waals surface area contributed by atoms with Crippen molar-refractivity contribution in [3.8, 4) is 17.1 Å². The van der Waals surface area contributed by atoms with Crippen LogP contribution in [0.2, 0.25) is 0 Å². The van der Waals surface area contributed by atoms with Gasteiger partial charge in [0.05, 0.1) is 12.1 Å². The second kappa shape index (κ2) is 8.02. The van der Waals surface area contributed by atoms with Gasteiger partial charge in [0.15, 0.2) is 5.82 Å². The van der Waals surface area contributed by atoms with Crippen LogP contribution in [0, 0.1) is 0 Å². The molecule has 0 saturated heterocycles. The largest absolute Gasteiger partial charge is 0.494 e. The van der Waals surface area contributed by atoms with Crippen LogP contribution in [0.4, 0.5) is 17.2 Å². The molecule has 0 atom stereocenters. The third kappa shape index (κ3) is 3.90. The van der Waals surface area contributed by atoms with Crippen molar-refractivity contribution in [3.05, 3.63) is 66.5 Å². The molecule has 1 aliphatic rings. The van der Waals surface area contributed by atoms with Gasteiger partial charge in [-0.25, -0.2) is 9.97 Å². The molecule has 0 unspecified atom stereocenters. The molecule has 1 aliphatic heterocycles. The molecule has 31 heavy (non-hydrogen) atoms. The summed E-state index contributed by atoms with van der Waals surface area (Å²) in [6.45, 7) is 2.53. The number of aromatic nitrogens is 3. The first-order valence-electron chi connectivity index (χ1n) is 10.2. The van der Waals surface area contributed by atoms with Gasteiger partial charge in [0.1, 0.15) is 11.6 Å². The molecule has 0 radical (unpaired) electrons. The summed E-state index contributed by atoms with van der Waals surface area (Å²) >= 11 is 0. The maximum atomic E-state index is 11.8. The van der Waals surface area contributed by atoms with E-state index in [-0.39, 0.29) is 5.91 Å². The average Bonchev–Trinajstić information content (AvgIpc) is 2.80. The molecule has 0 bridgehead atoms. The average molecular weight is 411 g/mol. The summed E-state index contributed by atoms with van der Waals surface area (Å²) in [5, 5.41) is 7.21. The molecule has 2 N–H and O–H groups in total. The van der Waals surface area contributed by atoms with Gasteiger partial charge in [-0.1, -0.05) is 6.07 Å². The molecular weight excluding hydrogens is 390 g/mol. The first kappa shape index (κ1) is 19.0. The van der Waals surface area contributed by atoms with Gasteiger partial charge < -0.3 is 15.4 Å². The van der Waals surface area contributed by atoms with Crippen molar-refractivity contribution in [1.82, 2.24) is 15.0 Å². The van der Waals surface area contributed by atoms with E-state index in [1.54, 1.807) is 12.4 Å². The van der Waals surface area contributed by atoms with E-state index in [1.807, 2.05) is 55.5 Å². The van der Waals surface area contributed by atoms with Crippen LogP contribution in [-0.4, -0.2) is 27.5 Å². The fourth-order valence-corrected chi connectivity index (χ4v) is 3.67. The summed E-state index contributed by atoms with van der Waals surface area (Å²) in [6.07, 6.45) is 4.74. The number of carbonyl (C=O) groups is 1. The number of nitrogens with zero attached hydrogens (tertiary/aromatic N) is 3. The molecule has 7 heteroatoms. The number of carbonyl (C=O) groups excluding carboxylic acids is 1. The Kier molecular flexibility index (Phi) is 4.92. The zero-order valence-electron chi connectivity index (χ0n) is 17.1. The number of rotatable bonds is 5. The maximum Gasteiger partial charge on any atom is 0.224 e. The molecule has 154 valence electrons. The van der Waals surface area contributed by atoms with Crippen molar-refractivity contribution in [3.63, 3.8) is 0 Å². The topological polar surface area (TPSA) is 89.0 Å². The first-order chi connectivity index (χ1) is 15.2. The highest BCUT2D eigenvalue weighted by Gasteiger charge is 2.16. The molecule has 2 aromatic carbocycles. The first-order valence-corrected chi connectivity index (χ1v) is 10.2. The number of anilines is 3. The van der Waals surface area contributed by atoms with Crippen molar-refractivity contribution in [2.45, 2.75) is 19.8 Å². The molecule has 5 rings (SSSR count). The highest BCUT2D eigenvalue weighted by molar-refractivity contribution is 5.96. The van der Waals surface area contributed by atoms with E-state index in [0.717, 1.165) is 45.6 Å². The van der Waals surface area contributed by atoms with Crippen LogP contribution < -0.4 is 15.4 Å². The van der Waals surface area contributed by atoms with E-state index in [4.69, 9.17) is 14.7 Å². The Morgan fingerprint density at radius 2 is 2.03 bits per heavy atom. The summed E-state index contributed by atoms with van der Waals surface area (Å²) in [5.41, 5.74) is 4.43. The molecular formula is C24H21N5O2. The second-order valence-electron chi connectivity index (χ2n) is 7.29. The van der Waals surface area contributed by atoms with Crippen LogP contribution in [0.15, 0.2) is 60.9 Å². The van der Waals surface area contributed by atoms with Crippen LogP contribution in [0.1, 0.15) is 18.9 Å². The van der Waals surface area contributed by atoms with Crippen molar-refractivity contribution >= 4 is 34.0 Å². The molecule has 4 aromatic rings. The van der Waals surface area contributed by atoms with Crippen molar-refractivity contribution < 1.29 is 9.53 Å². The number of benzene rings is 2. The van der Waals surface area contributed by atoms with E-state index >= 15 is 0 Å². The van der Waals surface area contributed by atoms with E-state index in [0.29, 0.717) is 24.7 Å². The van der Waals surface area contributed by atoms with Gasteiger partial charge in [-0.2, -0.15) is 0 Å². The zero-order valence-corrected chi connectivity index (χ0v) is 17.1. The number of nitrogens with one attached hydrogen (secondary N) is 2. The summed E-state index contributed by atoms with van der Waals surface area (Å²) < 4.78 is 5.68. The van der Waals surface area contributed by atoms with Crippen LogP contribution in [0.5, 0.6) is 5.75 Å². The van der Waals surface area contributed by atoms with Crippen molar-refractivity contribution in [2.24, 2.45) is 0 Å². The quantitative estimate of drug-likeness (QED) is 0.494. The lowest BCUT2D eigenvalue weighted by Crippen LogP contribution is -2.18. The molecule has 3 heterocycles. The Bertz CT molecular complexity index is 1270. The Morgan fingerprint density at radius 1 is 1.10 bits per heavy atom. The minimum absolute atomic E-state index is 0.0392. The number of aryl methyl sites for hydroxylation is 1. The number of fused-ring (bicyclic) bond motifs is 2. The predicted octanol–water partition coefficient (Wildman–Crippen LogP) is 4.72. The van der Waals surface area contributed by atoms with Gasteiger partial charge in [0.25, 0.3) is 0 Å². The van der Waals surface area contributed by atoms with Gasteiger partial charge in [0.2, 0.25) is 5.91 Å². The number of hydrogen-bond donors (Lipinski definition) is 2.